The van der Waals surface area contributed by atoms with Crippen molar-refractivity contribution >= 4 is 28.9 Å². The molecule has 1 saturated carbocycles. The molecule has 1 aliphatic carbocycles. The van der Waals surface area contributed by atoms with Gasteiger partial charge in [-0.2, -0.15) is 0 Å². The smallest absolute Gasteiger partial charge is 0.145 e. The molecule has 0 bridgehead atoms. The first kappa shape index (κ1) is 18.7. The molecule has 2 aromatic rings. The Morgan fingerprint density at radius 3 is 2.50 bits per heavy atom. The van der Waals surface area contributed by atoms with E-state index in [1.54, 1.807) is 6.07 Å². The molecule has 2 spiro atoms. The number of halogens is 3. The lowest BCUT2D eigenvalue weighted by Crippen LogP contribution is -2.65. The molecule has 0 amide bonds. The van der Waals surface area contributed by atoms with Gasteiger partial charge in [0.2, 0.25) is 0 Å². The largest absolute Gasteiger partial charge is 0.373 e. The van der Waals surface area contributed by atoms with Gasteiger partial charge in [-0.05, 0) is 54.9 Å². The van der Waals surface area contributed by atoms with Gasteiger partial charge in [0.25, 0.3) is 0 Å². The zero-order valence-electron chi connectivity index (χ0n) is 16.2. The highest BCUT2D eigenvalue weighted by Gasteiger charge is 2.66. The minimum absolute atomic E-state index is 0.0268. The number of fused-ring (bicyclic) bond motifs is 3. The third kappa shape index (κ3) is 2.42. The minimum Gasteiger partial charge on any atom is -0.373 e. The van der Waals surface area contributed by atoms with Crippen molar-refractivity contribution < 1.29 is 4.39 Å². The summed E-state index contributed by atoms with van der Waals surface area (Å²) >= 11 is 12.4. The van der Waals surface area contributed by atoms with Crippen molar-refractivity contribution in [3.63, 3.8) is 0 Å². The first-order valence-corrected chi connectivity index (χ1v) is 10.8. The number of nitrogens with one attached hydrogen (secondary N) is 2. The van der Waals surface area contributed by atoms with Gasteiger partial charge >= 0.3 is 0 Å². The maximum Gasteiger partial charge on any atom is 0.145 e. The van der Waals surface area contributed by atoms with E-state index in [4.69, 9.17) is 23.2 Å². The van der Waals surface area contributed by atoms with Gasteiger partial charge in [-0.1, -0.05) is 55.2 Å². The molecule has 2 fully saturated rings. The van der Waals surface area contributed by atoms with Crippen LogP contribution in [0.25, 0.3) is 0 Å². The molecule has 2 aliphatic heterocycles. The average Bonchev–Trinajstić information content (AvgIpc) is 2.96. The molecule has 5 rings (SSSR count). The SMILES string of the molecule is CC1(C)CCC2(CC1)NCC(c1cccc(Cl)c1F)C21Nc2cc(Cl)ccc21. The summed E-state index contributed by atoms with van der Waals surface area (Å²) in [4.78, 5) is 0. The lowest BCUT2D eigenvalue weighted by atomic mass is 9.55. The maximum absolute atomic E-state index is 15.1. The van der Waals surface area contributed by atoms with E-state index < -0.39 is 0 Å². The number of hydrogen-bond acceptors (Lipinski definition) is 2. The Morgan fingerprint density at radius 1 is 1.04 bits per heavy atom. The van der Waals surface area contributed by atoms with Crippen LogP contribution in [0.5, 0.6) is 0 Å². The Morgan fingerprint density at radius 2 is 1.79 bits per heavy atom. The van der Waals surface area contributed by atoms with Gasteiger partial charge < -0.3 is 10.6 Å². The monoisotopic (exact) mass is 418 g/mol. The predicted octanol–water partition coefficient (Wildman–Crippen LogP) is 6.48. The van der Waals surface area contributed by atoms with Crippen molar-refractivity contribution in [1.29, 1.82) is 0 Å². The van der Waals surface area contributed by atoms with Crippen LogP contribution in [-0.2, 0) is 5.54 Å². The molecule has 5 heteroatoms. The molecule has 2 aromatic carbocycles. The first-order chi connectivity index (χ1) is 13.3. The van der Waals surface area contributed by atoms with E-state index in [9.17, 15) is 0 Å². The van der Waals surface area contributed by atoms with Gasteiger partial charge in [0.1, 0.15) is 5.82 Å². The average molecular weight is 419 g/mol. The Hall–Kier alpha value is -1.29. The van der Waals surface area contributed by atoms with E-state index in [1.165, 1.54) is 5.56 Å². The van der Waals surface area contributed by atoms with Crippen LogP contribution in [0.1, 0.15) is 56.6 Å². The van der Waals surface area contributed by atoms with E-state index in [-0.39, 0.29) is 27.8 Å². The number of rotatable bonds is 1. The third-order valence-corrected chi connectivity index (χ3v) is 8.00. The van der Waals surface area contributed by atoms with Crippen molar-refractivity contribution in [2.45, 2.75) is 56.5 Å². The Bertz CT molecular complexity index is 948. The maximum atomic E-state index is 15.1. The number of anilines is 1. The normalized spacial score (nSPS) is 29.4. The summed E-state index contributed by atoms with van der Waals surface area (Å²) in [5.41, 5.74) is 2.91. The summed E-state index contributed by atoms with van der Waals surface area (Å²) in [5, 5.41) is 8.52. The topological polar surface area (TPSA) is 24.1 Å². The Kier molecular flexibility index (Phi) is 4.08. The molecular formula is C23H25Cl2FN2. The van der Waals surface area contributed by atoms with Crippen LogP contribution in [-0.4, -0.2) is 12.1 Å². The van der Waals surface area contributed by atoms with Crippen LogP contribution >= 0.6 is 23.2 Å². The number of benzene rings is 2. The Labute approximate surface area is 175 Å². The summed E-state index contributed by atoms with van der Waals surface area (Å²) in [6, 6.07) is 11.4. The van der Waals surface area contributed by atoms with E-state index in [2.05, 4.69) is 30.5 Å². The molecule has 2 heterocycles. The third-order valence-electron chi connectivity index (χ3n) is 7.47. The summed E-state index contributed by atoms with van der Waals surface area (Å²) in [7, 11) is 0. The van der Waals surface area contributed by atoms with Gasteiger partial charge in [-0.25, -0.2) is 4.39 Å². The molecule has 2 atom stereocenters. The fourth-order valence-corrected chi connectivity index (χ4v) is 6.17. The van der Waals surface area contributed by atoms with Gasteiger partial charge in [0, 0.05) is 34.3 Å². The summed E-state index contributed by atoms with van der Waals surface area (Å²) in [5.74, 6) is -0.325. The van der Waals surface area contributed by atoms with Crippen molar-refractivity contribution in [2.24, 2.45) is 5.41 Å². The van der Waals surface area contributed by atoms with Crippen molar-refractivity contribution in [3.8, 4) is 0 Å². The van der Waals surface area contributed by atoms with Crippen LogP contribution < -0.4 is 10.6 Å². The zero-order chi connectivity index (χ0) is 19.7. The predicted molar refractivity (Wildman–Crippen MR) is 114 cm³/mol. The highest BCUT2D eigenvalue weighted by atomic mass is 35.5. The molecule has 148 valence electrons. The van der Waals surface area contributed by atoms with E-state index in [0.29, 0.717) is 11.0 Å². The fraction of sp³-hybridized carbons (Fsp3) is 0.478. The fourth-order valence-electron chi connectivity index (χ4n) is 5.81. The van der Waals surface area contributed by atoms with Crippen molar-refractivity contribution in [3.05, 3.63) is 63.4 Å². The molecule has 2 unspecified atom stereocenters. The van der Waals surface area contributed by atoms with Crippen LogP contribution in [0.3, 0.4) is 0 Å². The van der Waals surface area contributed by atoms with Crippen molar-refractivity contribution in [2.75, 3.05) is 11.9 Å². The lowest BCUT2D eigenvalue weighted by molar-refractivity contribution is 0.0953. The highest BCUT2D eigenvalue weighted by molar-refractivity contribution is 6.31. The van der Waals surface area contributed by atoms with Crippen molar-refractivity contribution in [1.82, 2.24) is 5.32 Å². The van der Waals surface area contributed by atoms with Gasteiger partial charge in [0.15, 0.2) is 0 Å². The standard InChI is InChI=1S/C23H25Cl2FN2/c1-21(2)8-10-22(11-9-21)23(16-7-6-14(24)12-19(16)28-23)17(13-27-22)15-4-3-5-18(25)20(15)26/h3-7,12,17,27-28H,8-11,13H2,1-2H3. The second-order valence-electron chi connectivity index (χ2n) is 9.45. The molecule has 2 nitrogen and oxygen atoms in total. The van der Waals surface area contributed by atoms with Gasteiger partial charge in [-0.3, -0.25) is 0 Å². The molecule has 2 N–H and O–H groups in total. The zero-order valence-corrected chi connectivity index (χ0v) is 17.7. The molecule has 1 saturated heterocycles. The number of hydrogen-bond donors (Lipinski definition) is 2. The summed E-state index contributed by atoms with van der Waals surface area (Å²) in [6.07, 6.45) is 4.43. The highest BCUT2D eigenvalue weighted by Crippen LogP contribution is 2.63. The lowest BCUT2D eigenvalue weighted by Gasteiger charge is -2.59. The van der Waals surface area contributed by atoms with Gasteiger partial charge in [0.05, 0.1) is 10.6 Å². The second-order valence-corrected chi connectivity index (χ2v) is 10.3. The minimum atomic E-state index is -0.338. The first-order valence-electron chi connectivity index (χ1n) is 10.1. The van der Waals surface area contributed by atoms with E-state index in [1.807, 2.05) is 24.3 Å². The van der Waals surface area contributed by atoms with Crippen LogP contribution in [0.2, 0.25) is 10.0 Å². The molecule has 0 radical (unpaired) electrons. The van der Waals surface area contributed by atoms with Crippen LogP contribution in [0.4, 0.5) is 10.1 Å². The second kappa shape index (κ2) is 6.10. The summed E-state index contributed by atoms with van der Waals surface area (Å²) in [6.45, 7) is 5.42. The molecule has 3 aliphatic rings. The molecular weight excluding hydrogens is 394 g/mol. The van der Waals surface area contributed by atoms with E-state index >= 15 is 4.39 Å². The van der Waals surface area contributed by atoms with Gasteiger partial charge in [-0.15, -0.1) is 0 Å². The van der Waals surface area contributed by atoms with Crippen LogP contribution in [0.15, 0.2) is 36.4 Å². The molecule has 0 aromatic heterocycles. The summed E-state index contributed by atoms with van der Waals surface area (Å²) < 4.78 is 15.1. The Balaban J connectivity index is 1.66. The van der Waals surface area contributed by atoms with E-state index in [0.717, 1.165) is 42.9 Å². The molecule has 28 heavy (non-hydrogen) atoms. The van der Waals surface area contributed by atoms with Crippen LogP contribution in [0, 0.1) is 11.2 Å². The quantitative estimate of drug-likeness (QED) is 0.553.